The fourth-order valence-corrected chi connectivity index (χ4v) is 2.97. The van der Waals surface area contributed by atoms with Crippen molar-refractivity contribution in [1.82, 2.24) is 14.7 Å². The Morgan fingerprint density at radius 1 is 1.14 bits per heavy atom. The predicted octanol–water partition coefficient (Wildman–Crippen LogP) is -0.766. The molecule has 0 radical (unpaired) electrons. The lowest BCUT2D eigenvalue weighted by molar-refractivity contribution is 0.577. The lowest BCUT2D eigenvalue weighted by atomic mass is 10.2. The summed E-state index contributed by atoms with van der Waals surface area (Å²) < 4.78 is 26.6. The maximum Gasteiger partial charge on any atom is 0.326 e. The molecule has 1 aromatic heterocycles. The quantitative estimate of drug-likeness (QED) is 0.519. The first-order chi connectivity index (χ1) is 9.94. The molecule has 0 unspecified atom stereocenters. The molecule has 0 saturated carbocycles. The summed E-state index contributed by atoms with van der Waals surface area (Å²) >= 11 is 0. The third-order valence-electron chi connectivity index (χ3n) is 2.94. The summed E-state index contributed by atoms with van der Waals surface area (Å²) in [5.41, 5.74) is 4.35. The van der Waals surface area contributed by atoms with Gasteiger partial charge in [-0.1, -0.05) is 0 Å². The monoisotopic (exact) mass is 312 g/mol. The smallest absolute Gasteiger partial charge is 0.326 e. The second-order valence-corrected chi connectivity index (χ2v) is 6.28. The molecule has 0 saturated heterocycles. The number of aromatic nitrogens is 2. The minimum atomic E-state index is -3.69. The third-order valence-corrected chi connectivity index (χ3v) is 4.40. The molecule has 2 rings (SSSR count). The molecule has 1 aromatic carbocycles. The van der Waals surface area contributed by atoms with Gasteiger partial charge in [-0.05, 0) is 37.6 Å². The average Bonchev–Trinajstić information content (AvgIpc) is 2.43. The minimum absolute atomic E-state index is 0.0275. The van der Waals surface area contributed by atoms with Crippen molar-refractivity contribution in [2.75, 3.05) is 13.1 Å². The van der Waals surface area contributed by atoms with Crippen molar-refractivity contribution >= 4 is 20.9 Å². The summed E-state index contributed by atoms with van der Waals surface area (Å²) in [6, 6.07) is 3.96. The van der Waals surface area contributed by atoms with Crippen LogP contribution in [0.2, 0.25) is 0 Å². The second kappa shape index (κ2) is 6.20. The highest BCUT2D eigenvalue weighted by Crippen LogP contribution is 2.13. The minimum Gasteiger partial charge on any atom is -0.330 e. The number of fused-ring (bicyclic) bond motifs is 1. The molecule has 0 aliphatic heterocycles. The molecule has 0 spiro atoms. The molecule has 114 valence electrons. The van der Waals surface area contributed by atoms with E-state index in [2.05, 4.69) is 14.7 Å². The summed E-state index contributed by atoms with van der Waals surface area (Å²) in [7, 11) is -3.69. The molecule has 0 aliphatic carbocycles. The summed E-state index contributed by atoms with van der Waals surface area (Å²) in [5.74, 6) is 0. The molecule has 21 heavy (non-hydrogen) atoms. The van der Waals surface area contributed by atoms with E-state index in [9.17, 15) is 18.0 Å². The number of hydrogen-bond acceptors (Lipinski definition) is 5. The predicted molar refractivity (Wildman–Crippen MR) is 78.7 cm³/mol. The molecule has 2 aromatic rings. The van der Waals surface area contributed by atoms with Crippen molar-refractivity contribution < 1.29 is 8.42 Å². The van der Waals surface area contributed by atoms with Crippen LogP contribution in [0.4, 0.5) is 0 Å². The topological polar surface area (TPSA) is 138 Å². The van der Waals surface area contributed by atoms with Crippen LogP contribution in [0.3, 0.4) is 0 Å². The SMILES string of the molecule is NCCCCNS(=O)(=O)c1ccc2[nH]c(=O)[nH]c(=O)c2c1. The number of rotatable bonds is 6. The van der Waals surface area contributed by atoms with E-state index >= 15 is 0 Å². The first kappa shape index (κ1) is 15.4. The van der Waals surface area contributed by atoms with E-state index in [1.54, 1.807) is 0 Å². The number of sulfonamides is 1. The number of unbranched alkanes of at least 4 members (excludes halogenated alkanes) is 1. The molecule has 8 nitrogen and oxygen atoms in total. The van der Waals surface area contributed by atoms with E-state index in [0.29, 0.717) is 13.0 Å². The van der Waals surface area contributed by atoms with Crippen LogP contribution < -0.4 is 21.7 Å². The van der Waals surface area contributed by atoms with Gasteiger partial charge in [0.2, 0.25) is 10.0 Å². The standard InChI is InChI=1S/C12H16N4O4S/c13-5-1-2-6-14-21(19,20)8-3-4-10-9(7-8)11(17)16-12(18)15-10/h3-4,7,14H,1-2,5-6,13H2,(H2,15,16,17,18). The summed E-state index contributed by atoms with van der Waals surface area (Å²) in [6.45, 7) is 0.778. The lowest BCUT2D eigenvalue weighted by Crippen LogP contribution is -2.26. The van der Waals surface area contributed by atoms with Crippen LogP contribution in [0.15, 0.2) is 32.7 Å². The number of nitrogens with two attached hydrogens (primary N) is 1. The molecule has 0 aliphatic rings. The average molecular weight is 312 g/mol. The van der Waals surface area contributed by atoms with Gasteiger partial charge >= 0.3 is 5.69 Å². The first-order valence-electron chi connectivity index (χ1n) is 6.40. The second-order valence-electron chi connectivity index (χ2n) is 4.51. The highest BCUT2D eigenvalue weighted by atomic mass is 32.2. The molecule has 0 atom stereocenters. The van der Waals surface area contributed by atoms with Crippen molar-refractivity contribution in [2.24, 2.45) is 5.73 Å². The molecular formula is C12H16N4O4S. The first-order valence-corrected chi connectivity index (χ1v) is 7.88. The zero-order chi connectivity index (χ0) is 15.5. The highest BCUT2D eigenvalue weighted by Gasteiger charge is 2.14. The molecule has 0 amide bonds. The van der Waals surface area contributed by atoms with E-state index in [0.717, 1.165) is 6.42 Å². The number of nitrogens with one attached hydrogen (secondary N) is 3. The van der Waals surface area contributed by atoms with Crippen molar-refractivity contribution in [3.05, 3.63) is 39.0 Å². The number of benzene rings is 1. The molecule has 1 heterocycles. The molecule has 5 N–H and O–H groups in total. The lowest BCUT2D eigenvalue weighted by Gasteiger charge is -2.07. The van der Waals surface area contributed by atoms with Crippen molar-refractivity contribution in [3.63, 3.8) is 0 Å². The van der Waals surface area contributed by atoms with E-state index < -0.39 is 21.3 Å². The van der Waals surface area contributed by atoms with Crippen LogP contribution in [-0.4, -0.2) is 31.5 Å². The van der Waals surface area contributed by atoms with Crippen LogP contribution in [0.5, 0.6) is 0 Å². The Morgan fingerprint density at radius 3 is 2.62 bits per heavy atom. The van der Waals surface area contributed by atoms with Gasteiger partial charge < -0.3 is 10.7 Å². The fourth-order valence-electron chi connectivity index (χ4n) is 1.87. The Hall–Kier alpha value is -1.97. The number of aromatic amines is 2. The van der Waals surface area contributed by atoms with Gasteiger partial charge in [-0.25, -0.2) is 17.9 Å². The Morgan fingerprint density at radius 2 is 1.90 bits per heavy atom. The maximum atomic E-state index is 12.1. The molecule has 0 bridgehead atoms. The highest BCUT2D eigenvalue weighted by molar-refractivity contribution is 7.89. The Bertz CT molecular complexity index is 853. The fraction of sp³-hybridized carbons (Fsp3) is 0.333. The van der Waals surface area contributed by atoms with Gasteiger partial charge in [0.05, 0.1) is 15.8 Å². The van der Waals surface area contributed by atoms with Crippen LogP contribution in [0.25, 0.3) is 10.9 Å². The van der Waals surface area contributed by atoms with Crippen LogP contribution in [0, 0.1) is 0 Å². The normalized spacial score (nSPS) is 11.9. The third kappa shape index (κ3) is 3.57. The Kier molecular flexibility index (Phi) is 4.56. The molecule has 9 heteroatoms. The summed E-state index contributed by atoms with van der Waals surface area (Å²) in [5, 5.41) is 0.111. The van der Waals surface area contributed by atoms with E-state index in [1.807, 2.05) is 0 Å². The molecular weight excluding hydrogens is 296 g/mol. The van der Waals surface area contributed by atoms with Gasteiger partial charge in [0.15, 0.2) is 0 Å². The van der Waals surface area contributed by atoms with Crippen molar-refractivity contribution in [3.8, 4) is 0 Å². The number of hydrogen-bond donors (Lipinski definition) is 4. The Labute approximate surface area is 120 Å². The van der Waals surface area contributed by atoms with Gasteiger partial charge in [-0.3, -0.25) is 9.78 Å². The van der Waals surface area contributed by atoms with E-state index in [4.69, 9.17) is 5.73 Å². The van der Waals surface area contributed by atoms with Gasteiger partial charge in [0, 0.05) is 6.54 Å². The van der Waals surface area contributed by atoms with Gasteiger partial charge in [-0.15, -0.1) is 0 Å². The molecule has 0 fully saturated rings. The van der Waals surface area contributed by atoms with Crippen LogP contribution in [-0.2, 0) is 10.0 Å². The van der Waals surface area contributed by atoms with Crippen molar-refractivity contribution in [2.45, 2.75) is 17.7 Å². The largest absolute Gasteiger partial charge is 0.330 e. The summed E-state index contributed by atoms with van der Waals surface area (Å²) in [4.78, 5) is 27.3. The van der Waals surface area contributed by atoms with E-state index in [1.165, 1.54) is 18.2 Å². The maximum absolute atomic E-state index is 12.1. The van der Waals surface area contributed by atoms with E-state index in [-0.39, 0.29) is 22.3 Å². The zero-order valence-corrected chi connectivity index (χ0v) is 12.0. The van der Waals surface area contributed by atoms with Gasteiger partial charge in [0.1, 0.15) is 0 Å². The zero-order valence-electron chi connectivity index (χ0n) is 11.2. The van der Waals surface area contributed by atoms with Gasteiger partial charge in [0.25, 0.3) is 5.56 Å². The van der Waals surface area contributed by atoms with Crippen LogP contribution in [0.1, 0.15) is 12.8 Å². The van der Waals surface area contributed by atoms with Gasteiger partial charge in [-0.2, -0.15) is 0 Å². The van der Waals surface area contributed by atoms with Crippen LogP contribution >= 0.6 is 0 Å². The Balaban J connectivity index is 2.34. The number of H-pyrrole nitrogens is 2. The summed E-state index contributed by atoms with van der Waals surface area (Å²) in [6.07, 6.45) is 1.36. The van der Waals surface area contributed by atoms with Crippen molar-refractivity contribution in [1.29, 1.82) is 0 Å².